The standard InChI is InChI=1S/C23H24F3N5O/c24-23(25,26)20-12-17-21(28-14-29-22(17)30-20)27-13-18-16-5-2-1-4-15(16)6-7-19(18)31-8-3-10-32-11-9-31/h1-2,4-5,12-14,18-19H,3,6-11H2,(H,28,29,30)/t18?,19-/m0/s1. The van der Waals surface area contributed by atoms with E-state index < -0.39 is 11.9 Å². The van der Waals surface area contributed by atoms with Crippen molar-refractivity contribution >= 4 is 23.1 Å². The molecule has 9 heteroatoms. The maximum Gasteiger partial charge on any atom is 0.431 e. The van der Waals surface area contributed by atoms with Crippen LogP contribution in [0.2, 0.25) is 0 Å². The van der Waals surface area contributed by atoms with Crippen LogP contribution in [0.15, 0.2) is 41.7 Å². The van der Waals surface area contributed by atoms with Crippen LogP contribution in [-0.2, 0) is 17.3 Å². The van der Waals surface area contributed by atoms with Gasteiger partial charge >= 0.3 is 6.18 Å². The number of fused-ring (bicyclic) bond motifs is 2. The number of halogens is 3. The van der Waals surface area contributed by atoms with Crippen LogP contribution in [0.3, 0.4) is 0 Å². The summed E-state index contributed by atoms with van der Waals surface area (Å²) in [6.45, 7) is 3.30. The zero-order chi connectivity index (χ0) is 22.1. The lowest BCUT2D eigenvalue weighted by Gasteiger charge is -2.39. The predicted octanol–water partition coefficient (Wildman–Crippen LogP) is 4.50. The van der Waals surface area contributed by atoms with Crippen LogP contribution in [0.1, 0.15) is 35.6 Å². The third-order valence-corrected chi connectivity index (χ3v) is 6.33. The number of benzene rings is 1. The lowest BCUT2D eigenvalue weighted by Crippen LogP contribution is -2.44. The zero-order valence-electron chi connectivity index (χ0n) is 17.5. The average molecular weight is 443 g/mol. The van der Waals surface area contributed by atoms with E-state index in [1.807, 2.05) is 18.3 Å². The molecule has 1 N–H and O–H groups in total. The van der Waals surface area contributed by atoms with E-state index in [0.717, 1.165) is 45.0 Å². The minimum absolute atomic E-state index is 0.0177. The molecular weight excluding hydrogens is 419 g/mol. The molecule has 6 nitrogen and oxygen atoms in total. The van der Waals surface area contributed by atoms with Crippen molar-refractivity contribution in [3.05, 3.63) is 53.5 Å². The summed E-state index contributed by atoms with van der Waals surface area (Å²) in [5, 5.41) is 0.264. The maximum atomic E-state index is 13.2. The molecule has 0 amide bonds. The maximum absolute atomic E-state index is 13.2. The zero-order valence-corrected chi connectivity index (χ0v) is 17.5. The normalized spacial score (nSPS) is 22.8. The molecule has 2 aliphatic rings. The van der Waals surface area contributed by atoms with Crippen molar-refractivity contribution < 1.29 is 17.9 Å². The highest BCUT2D eigenvalue weighted by Crippen LogP contribution is 2.36. The molecule has 0 radical (unpaired) electrons. The van der Waals surface area contributed by atoms with Crippen LogP contribution < -0.4 is 0 Å². The molecule has 32 heavy (non-hydrogen) atoms. The largest absolute Gasteiger partial charge is 0.431 e. The molecule has 1 fully saturated rings. The van der Waals surface area contributed by atoms with Gasteiger partial charge in [-0.3, -0.25) is 4.90 Å². The molecule has 1 aliphatic heterocycles. The Kier molecular flexibility index (Phi) is 5.69. The molecule has 0 saturated carbocycles. The highest BCUT2D eigenvalue weighted by molar-refractivity contribution is 5.88. The Morgan fingerprint density at radius 3 is 2.91 bits per heavy atom. The van der Waals surface area contributed by atoms with E-state index >= 15 is 0 Å². The molecule has 3 heterocycles. The van der Waals surface area contributed by atoms with Crippen molar-refractivity contribution in [1.82, 2.24) is 19.9 Å². The first-order chi connectivity index (χ1) is 15.5. The van der Waals surface area contributed by atoms with Crippen molar-refractivity contribution in [3.63, 3.8) is 0 Å². The van der Waals surface area contributed by atoms with E-state index in [1.165, 1.54) is 17.5 Å². The number of hydrogen-bond acceptors (Lipinski definition) is 5. The van der Waals surface area contributed by atoms with E-state index in [2.05, 4.69) is 37.0 Å². The minimum atomic E-state index is -4.48. The minimum Gasteiger partial charge on any atom is -0.380 e. The highest BCUT2D eigenvalue weighted by Gasteiger charge is 2.34. The Morgan fingerprint density at radius 1 is 1.16 bits per heavy atom. The summed E-state index contributed by atoms with van der Waals surface area (Å²) in [5.41, 5.74) is 1.78. The van der Waals surface area contributed by atoms with Gasteiger partial charge < -0.3 is 9.72 Å². The fraction of sp³-hybridized carbons (Fsp3) is 0.435. The molecule has 1 aliphatic carbocycles. The number of aliphatic imine (C=N–C) groups is 1. The molecule has 0 spiro atoms. The Morgan fingerprint density at radius 2 is 2.03 bits per heavy atom. The van der Waals surface area contributed by atoms with Crippen LogP contribution in [-0.4, -0.2) is 58.4 Å². The molecule has 1 saturated heterocycles. The highest BCUT2D eigenvalue weighted by atomic mass is 19.4. The number of nitrogens with one attached hydrogen (secondary N) is 1. The second kappa shape index (κ2) is 8.63. The molecule has 5 rings (SSSR count). The van der Waals surface area contributed by atoms with Gasteiger partial charge in [0.2, 0.25) is 0 Å². The van der Waals surface area contributed by atoms with Gasteiger partial charge in [0, 0.05) is 37.9 Å². The van der Waals surface area contributed by atoms with Gasteiger partial charge in [0.05, 0.1) is 12.0 Å². The lowest BCUT2D eigenvalue weighted by atomic mass is 9.79. The number of aromatic amines is 1. The van der Waals surface area contributed by atoms with E-state index in [4.69, 9.17) is 4.74 Å². The number of nitrogens with zero attached hydrogens (tertiary/aromatic N) is 4. The number of alkyl halides is 3. The molecule has 3 aromatic rings. The Balaban J connectivity index is 1.51. The average Bonchev–Trinajstić information content (AvgIpc) is 3.07. The number of H-pyrrole nitrogens is 1. The smallest absolute Gasteiger partial charge is 0.380 e. The summed E-state index contributed by atoms with van der Waals surface area (Å²) < 4.78 is 45.1. The molecule has 168 valence electrons. The van der Waals surface area contributed by atoms with Crippen molar-refractivity contribution in [2.75, 3.05) is 26.3 Å². The van der Waals surface area contributed by atoms with Crippen LogP contribution in [0.5, 0.6) is 0 Å². The van der Waals surface area contributed by atoms with Gasteiger partial charge in [-0.25, -0.2) is 15.0 Å². The third kappa shape index (κ3) is 4.14. The van der Waals surface area contributed by atoms with E-state index in [9.17, 15) is 13.2 Å². The predicted molar refractivity (Wildman–Crippen MR) is 115 cm³/mol. The van der Waals surface area contributed by atoms with E-state index in [0.29, 0.717) is 6.61 Å². The Bertz CT molecular complexity index is 1120. The Labute approximate surface area is 183 Å². The van der Waals surface area contributed by atoms with Crippen molar-refractivity contribution in [2.45, 2.75) is 37.4 Å². The van der Waals surface area contributed by atoms with Gasteiger partial charge in [0.1, 0.15) is 17.7 Å². The van der Waals surface area contributed by atoms with Gasteiger partial charge in [0.15, 0.2) is 5.82 Å². The van der Waals surface area contributed by atoms with Crippen molar-refractivity contribution in [2.24, 2.45) is 4.99 Å². The van der Waals surface area contributed by atoms with Crippen LogP contribution in [0.4, 0.5) is 19.0 Å². The summed E-state index contributed by atoms with van der Waals surface area (Å²) in [4.78, 5) is 17.5. The number of rotatable bonds is 3. The van der Waals surface area contributed by atoms with Gasteiger partial charge in [-0.2, -0.15) is 13.2 Å². The molecular formula is C23H24F3N5O. The van der Waals surface area contributed by atoms with Crippen LogP contribution >= 0.6 is 0 Å². The first-order valence-electron chi connectivity index (χ1n) is 10.9. The van der Waals surface area contributed by atoms with Gasteiger partial charge in [-0.05, 0) is 36.5 Å². The van der Waals surface area contributed by atoms with Crippen LogP contribution in [0.25, 0.3) is 11.0 Å². The van der Waals surface area contributed by atoms with Crippen molar-refractivity contribution in [3.8, 4) is 0 Å². The first kappa shape index (κ1) is 21.1. The second-order valence-electron chi connectivity index (χ2n) is 8.25. The van der Waals surface area contributed by atoms with E-state index in [-0.39, 0.29) is 28.8 Å². The summed E-state index contributed by atoms with van der Waals surface area (Å²) in [6.07, 6.45) is 1.59. The third-order valence-electron chi connectivity index (χ3n) is 6.33. The van der Waals surface area contributed by atoms with Crippen LogP contribution in [0, 0.1) is 0 Å². The fourth-order valence-electron chi connectivity index (χ4n) is 4.80. The molecule has 1 aromatic carbocycles. The van der Waals surface area contributed by atoms with E-state index in [1.54, 1.807) is 0 Å². The number of ether oxygens (including phenoxy) is 1. The molecule has 1 unspecified atom stereocenters. The fourth-order valence-corrected chi connectivity index (χ4v) is 4.80. The number of aromatic nitrogens is 3. The summed E-state index contributed by atoms with van der Waals surface area (Å²) >= 11 is 0. The van der Waals surface area contributed by atoms with Crippen molar-refractivity contribution in [1.29, 1.82) is 0 Å². The topological polar surface area (TPSA) is 66.4 Å². The number of aryl methyl sites for hydroxylation is 1. The summed E-state index contributed by atoms with van der Waals surface area (Å²) in [7, 11) is 0. The quantitative estimate of drug-likeness (QED) is 0.606. The lowest BCUT2D eigenvalue weighted by molar-refractivity contribution is -0.140. The van der Waals surface area contributed by atoms with Gasteiger partial charge in [-0.1, -0.05) is 24.3 Å². The summed E-state index contributed by atoms with van der Waals surface area (Å²) in [5.74, 6) is 0.256. The molecule has 2 aromatic heterocycles. The first-order valence-corrected chi connectivity index (χ1v) is 10.9. The summed E-state index contributed by atoms with van der Waals surface area (Å²) in [6, 6.07) is 9.62. The second-order valence-corrected chi connectivity index (χ2v) is 8.25. The SMILES string of the molecule is FC(F)(F)c1cc2c(N=CC3c4ccccc4CC[C@@H]3N3CCCOCC3)ncnc2[nH]1. The van der Waals surface area contributed by atoms with Gasteiger partial charge in [0.25, 0.3) is 0 Å². The monoisotopic (exact) mass is 443 g/mol. The Hall–Kier alpha value is -2.78. The molecule has 0 bridgehead atoms. The number of hydrogen-bond donors (Lipinski definition) is 1. The molecule has 2 atom stereocenters. The van der Waals surface area contributed by atoms with Gasteiger partial charge in [-0.15, -0.1) is 0 Å².